The molecule has 11 nitrogen and oxygen atoms in total. The van der Waals surface area contributed by atoms with E-state index in [9.17, 15) is 19.2 Å². The van der Waals surface area contributed by atoms with Gasteiger partial charge in [-0.1, -0.05) is 61.7 Å². The summed E-state index contributed by atoms with van der Waals surface area (Å²) in [6, 6.07) is 22.8. The molecule has 0 saturated heterocycles. The Morgan fingerprint density at radius 2 is 1.22 bits per heavy atom. The number of carbonyl (C=O) groups is 4. The molecule has 0 bridgehead atoms. The summed E-state index contributed by atoms with van der Waals surface area (Å²) >= 11 is 0. The number of anilines is 1. The topological polar surface area (TPSA) is 136 Å². The summed E-state index contributed by atoms with van der Waals surface area (Å²) in [7, 11) is 0. The first-order valence-electron chi connectivity index (χ1n) is 14.0. The number of amides is 1. The lowest BCUT2D eigenvalue weighted by atomic mass is 10.1. The first-order chi connectivity index (χ1) is 21.7. The van der Waals surface area contributed by atoms with Gasteiger partial charge < -0.3 is 28.4 Å². The van der Waals surface area contributed by atoms with Crippen molar-refractivity contribution in [1.29, 1.82) is 0 Å². The second-order valence-electron chi connectivity index (χ2n) is 9.51. The maximum Gasteiger partial charge on any atom is 0.412 e. The number of hydrogen-bond acceptors (Lipinski definition) is 10. The number of para-hydroxylation sites is 2. The fraction of sp³-hybridized carbons (Fsp3) is 0.235. The van der Waals surface area contributed by atoms with E-state index in [0.717, 1.165) is 12.2 Å². The van der Waals surface area contributed by atoms with Gasteiger partial charge in [0.25, 0.3) is 0 Å². The Bertz CT molecular complexity index is 1440. The summed E-state index contributed by atoms with van der Waals surface area (Å²) in [5, 5.41) is 2.66. The van der Waals surface area contributed by atoms with Crippen LogP contribution in [0.3, 0.4) is 0 Å². The van der Waals surface area contributed by atoms with Gasteiger partial charge in [-0.15, -0.1) is 0 Å². The molecule has 1 amide bonds. The summed E-state index contributed by atoms with van der Waals surface area (Å²) < 4.78 is 32.5. The van der Waals surface area contributed by atoms with Crippen LogP contribution in [0.15, 0.2) is 104 Å². The predicted molar refractivity (Wildman–Crippen MR) is 165 cm³/mol. The van der Waals surface area contributed by atoms with Crippen molar-refractivity contribution in [1.82, 2.24) is 0 Å². The van der Waals surface area contributed by atoms with E-state index in [1.165, 1.54) is 0 Å². The maximum absolute atomic E-state index is 12.8. The summed E-state index contributed by atoms with van der Waals surface area (Å²) in [6.07, 6.45) is -0.776. The summed E-state index contributed by atoms with van der Waals surface area (Å²) in [6.45, 7) is 7.87. The van der Waals surface area contributed by atoms with Gasteiger partial charge in [-0.25, -0.2) is 14.4 Å². The zero-order valence-electron chi connectivity index (χ0n) is 24.8. The van der Waals surface area contributed by atoms with Crippen LogP contribution in [0.5, 0.6) is 11.5 Å². The average molecular weight is 618 g/mol. The number of hydrogen-bond donors (Lipinski definition) is 1. The van der Waals surface area contributed by atoms with E-state index in [-0.39, 0.29) is 32.8 Å². The lowest BCUT2D eigenvalue weighted by Crippen LogP contribution is -2.32. The van der Waals surface area contributed by atoms with Gasteiger partial charge >= 0.3 is 24.0 Å². The molecule has 0 saturated carbocycles. The second kappa shape index (κ2) is 18.2. The molecule has 1 N–H and O–H groups in total. The molecule has 236 valence electrons. The molecule has 0 aliphatic heterocycles. The molecule has 2 atom stereocenters. The molecule has 45 heavy (non-hydrogen) atoms. The summed E-state index contributed by atoms with van der Waals surface area (Å²) in [5.41, 5.74) is 1.63. The highest BCUT2D eigenvalue weighted by Gasteiger charge is 2.21. The molecule has 3 aromatic carbocycles. The molecule has 0 heterocycles. The number of esters is 3. The normalized spacial score (nSPS) is 11.6. The number of benzene rings is 3. The van der Waals surface area contributed by atoms with Crippen LogP contribution in [0.25, 0.3) is 0 Å². The van der Waals surface area contributed by atoms with Crippen LogP contribution >= 0.6 is 0 Å². The molecule has 0 fully saturated rings. The second-order valence-corrected chi connectivity index (χ2v) is 9.51. The zero-order valence-corrected chi connectivity index (χ0v) is 24.8. The molecule has 0 aromatic heterocycles. The van der Waals surface area contributed by atoms with Gasteiger partial charge in [-0.05, 0) is 48.4 Å². The van der Waals surface area contributed by atoms with Gasteiger partial charge in [0, 0.05) is 17.8 Å². The number of nitrogens with one attached hydrogen (secondary N) is 1. The molecular weight excluding hydrogens is 582 g/mol. The minimum Gasteiger partial charge on any atom is -0.490 e. The van der Waals surface area contributed by atoms with Crippen LogP contribution < -0.4 is 14.8 Å². The highest BCUT2D eigenvalue weighted by atomic mass is 16.6. The van der Waals surface area contributed by atoms with Gasteiger partial charge in [0.15, 0.2) is 12.2 Å². The number of ether oxygens (including phenoxy) is 6. The van der Waals surface area contributed by atoms with Crippen molar-refractivity contribution < 1.29 is 47.6 Å². The highest BCUT2D eigenvalue weighted by Crippen LogP contribution is 2.19. The quantitative estimate of drug-likeness (QED) is 0.125. The lowest BCUT2D eigenvalue weighted by Gasteiger charge is -2.19. The first kappa shape index (κ1) is 33.9. The molecule has 11 heteroatoms. The molecular formula is C34H35NO10. The minimum absolute atomic E-state index is 0.0516. The van der Waals surface area contributed by atoms with Gasteiger partial charge in [0.05, 0.1) is 6.42 Å². The highest BCUT2D eigenvalue weighted by molar-refractivity contribution is 5.86. The Balaban J connectivity index is 1.60. The molecule has 3 aromatic rings. The van der Waals surface area contributed by atoms with E-state index in [1.54, 1.807) is 73.7 Å². The fourth-order valence-electron chi connectivity index (χ4n) is 3.71. The first-order valence-corrected chi connectivity index (χ1v) is 14.0. The Morgan fingerprint density at radius 3 is 1.73 bits per heavy atom. The Morgan fingerprint density at radius 1 is 0.711 bits per heavy atom. The van der Waals surface area contributed by atoms with Crippen LogP contribution in [0.4, 0.5) is 10.5 Å². The van der Waals surface area contributed by atoms with Crippen molar-refractivity contribution >= 4 is 29.7 Å². The Labute approximate surface area is 261 Å². The van der Waals surface area contributed by atoms with E-state index in [2.05, 4.69) is 18.5 Å². The lowest BCUT2D eigenvalue weighted by molar-refractivity contribution is -0.158. The van der Waals surface area contributed by atoms with Crippen LogP contribution in [0, 0.1) is 6.92 Å². The van der Waals surface area contributed by atoms with Gasteiger partial charge in [0.1, 0.15) is 37.9 Å². The van der Waals surface area contributed by atoms with E-state index in [4.69, 9.17) is 28.4 Å². The van der Waals surface area contributed by atoms with Crippen molar-refractivity contribution in [2.75, 3.05) is 31.7 Å². The van der Waals surface area contributed by atoms with E-state index in [1.807, 2.05) is 12.1 Å². The summed E-state index contributed by atoms with van der Waals surface area (Å²) in [4.78, 5) is 48.8. The van der Waals surface area contributed by atoms with Gasteiger partial charge in [0.2, 0.25) is 0 Å². The van der Waals surface area contributed by atoms with Crippen LogP contribution in [0.1, 0.15) is 11.1 Å². The average Bonchev–Trinajstić information content (AvgIpc) is 3.05. The fourth-order valence-corrected chi connectivity index (χ4v) is 3.71. The van der Waals surface area contributed by atoms with Crippen molar-refractivity contribution in [3.05, 3.63) is 115 Å². The predicted octanol–water partition coefficient (Wildman–Crippen LogP) is 4.98. The maximum atomic E-state index is 12.8. The SMILES string of the molecule is C=CC(=O)OCC(COc1ccccc1)OC(=O)Cc1ccc(C)c(NC(=O)OC(COC(=O)C=C)COc2ccccc2)c1. The monoisotopic (exact) mass is 617 g/mol. The molecule has 0 spiro atoms. The van der Waals surface area contributed by atoms with Crippen LogP contribution in [0.2, 0.25) is 0 Å². The molecule has 2 unspecified atom stereocenters. The third-order valence-electron chi connectivity index (χ3n) is 5.97. The van der Waals surface area contributed by atoms with E-state index < -0.39 is 36.2 Å². The van der Waals surface area contributed by atoms with Gasteiger partial charge in [-0.3, -0.25) is 10.1 Å². The third kappa shape index (κ3) is 12.7. The van der Waals surface area contributed by atoms with E-state index in [0.29, 0.717) is 28.3 Å². The van der Waals surface area contributed by atoms with Crippen LogP contribution in [-0.4, -0.2) is 62.6 Å². The number of aryl methyl sites for hydroxylation is 1. The van der Waals surface area contributed by atoms with Crippen molar-refractivity contribution in [2.45, 2.75) is 25.6 Å². The van der Waals surface area contributed by atoms with Crippen molar-refractivity contribution in [2.24, 2.45) is 0 Å². The van der Waals surface area contributed by atoms with Crippen molar-refractivity contribution in [3.63, 3.8) is 0 Å². The summed E-state index contributed by atoms with van der Waals surface area (Å²) in [5.74, 6) is -0.838. The molecule has 3 rings (SSSR count). The Kier molecular flexibility index (Phi) is 13.7. The van der Waals surface area contributed by atoms with Gasteiger partial charge in [-0.2, -0.15) is 0 Å². The number of carbonyl (C=O) groups excluding carboxylic acids is 4. The minimum atomic E-state index is -0.933. The Hall–Kier alpha value is -5.58. The van der Waals surface area contributed by atoms with E-state index >= 15 is 0 Å². The molecule has 0 aliphatic carbocycles. The smallest absolute Gasteiger partial charge is 0.412 e. The number of rotatable bonds is 17. The molecule has 0 aliphatic rings. The van der Waals surface area contributed by atoms with Crippen LogP contribution in [-0.2, 0) is 39.8 Å². The third-order valence-corrected chi connectivity index (χ3v) is 5.97. The standard InChI is InChI=1S/C34H35NO10/c1-4-31(36)42-22-28(20-40-26-12-8-6-9-13-26)44-33(38)19-25-17-16-24(3)30(18-25)35-34(39)45-29(23-43-32(37)5-2)21-41-27-14-10-7-11-15-27/h4-18,28-29H,1-2,19-23H2,3H3,(H,35,39). The zero-order chi connectivity index (χ0) is 32.4. The molecule has 0 radical (unpaired) electrons. The largest absolute Gasteiger partial charge is 0.490 e. The van der Waals surface area contributed by atoms with Crippen molar-refractivity contribution in [3.8, 4) is 11.5 Å².